The van der Waals surface area contributed by atoms with Gasteiger partial charge in [0, 0.05) is 5.69 Å². The van der Waals surface area contributed by atoms with Crippen LogP contribution in [-0.4, -0.2) is 46.5 Å². The molecule has 32 heavy (non-hydrogen) atoms. The number of anilines is 4. The van der Waals surface area contributed by atoms with Crippen LogP contribution >= 0.6 is 0 Å². The summed E-state index contributed by atoms with van der Waals surface area (Å²) in [5.41, 5.74) is 10.7. The van der Waals surface area contributed by atoms with Crippen LogP contribution in [0.25, 0.3) is 0 Å². The number of aryl methyl sites for hydroxylation is 3. The van der Waals surface area contributed by atoms with E-state index in [1.54, 1.807) is 7.11 Å². The molecule has 1 heterocycles. The summed E-state index contributed by atoms with van der Waals surface area (Å²) in [5, 5.41) is 6.11. The third kappa shape index (κ3) is 5.92. The van der Waals surface area contributed by atoms with E-state index in [1.165, 1.54) is 5.56 Å². The first-order valence-corrected chi connectivity index (χ1v) is 10.2. The number of nitrogens with two attached hydrogens (primary N) is 1. The molecule has 0 saturated carbocycles. The van der Waals surface area contributed by atoms with Crippen molar-refractivity contribution in [2.24, 2.45) is 0 Å². The van der Waals surface area contributed by atoms with Crippen molar-refractivity contribution in [2.45, 2.75) is 27.3 Å². The molecule has 0 fully saturated rings. The van der Waals surface area contributed by atoms with Crippen LogP contribution < -0.4 is 21.1 Å². The van der Waals surface area contributed by atoms with Gasteiger partial charge in [0.05, 0.1) is 25.9 Å². The number of carbonyl (C=O) groups is 1. The van der Waals surface area contributed by atoms with Crippen molar-refractivity contribution in [2.75, 3.05) is 37.1 Å². The van der Waals surface area contributed by atoms with E-state index < -0.39 is 0 Å². The van der Waals surface area contributed by atoms with Crippen molar-refractivity contribution < 1.29 is 9.53 Å². The van der Waals surface area contributed by atoms with Crippen molar-refractivity contribution in [3.8, 4) is 5.75 Å². The Kier molecular flexibility index (Phi) is 7.21. The average Bonchev–Trinajstić information content (AvgIpc) is 2.70. The number of nitrogen functional groups attached to an aromatic ring is 1. The Morgan fingerprint density at radius 2 is 1.78 bits per heavy atom. The zero-order valence-electron chi connectivity index (χ0n) is 19.1. The molecule has 3 aromatic rings. The van der Waals surface area contributed by atoms with Crippen LogP contribution in [0.5, 0.6) is 5.75 Å². The van der Waals surface area contributed by atoms with E-state index >= 15 is 0 Å². The number of benzene rings is 2. The SMILES string of the molecule is COc1ccccc1Nc1nc(N)nc(CN(C)CC(=O)Nc2c(C)cc(C)cc2C)n1. The van der Waals surface area contributed by atoms with Gasteiger partial charge in [0.1, 0.15) is 11.6 Å². The molecule has 168 valence electrons. The van der Waals surface area contributed by atoms with Crippen LogP contribution in [-0.2, 0) is 11.3 Å². The Bertz CT molecular complexity index is 1090. The van der Waals surface area contributed by atoms with Gasteiger partial charge in [0.25, 0.3) is 0 Å². The molecule has 0 saturated heterocycles. The number of likely N-dealkylation sites (N-methyl/N-ethyl adjacent to an activating group) is 1. The fourth-order valence-corrected chi connectivity index (χ4v) is 3.53. The Morgan fingerprint density at radius 1 is 1.09 bits per heavy atom. The van der Waals surface area contributed by atoms with Gasteiger partial charge in [-0.05, 0) is 51.1 Å². The van der Waals surface area contributed by atoms with Gasteiger partial charge in [-0.15, -0.1) is 0 Å². The Hall–Kier alpha value is -3.72. The lowest BCUT2D eigenvalue weighted by Crippen LogP contribution is -2.31. The van der Waals surface area contributed by atoms with Crippen molar-refractivity contribution in [3.05, 3.63) is 58.9 Å². The number of para-hydroxylation sites is 2. The lowest BCUT2D eigenvalue weighted by Gasteiger charge is -2.18. The maximum absolute atomic E-state index is 12.6. The van der Waals surface area contributed by atoms with Crippen LogP contribution in [0, 0.1) is 20.8 Å². The number of methoxy groups -OCH3 is 1. The predicted octanol–water partition coefficient (Wildman–Crippen LogP) is 3.20. The minimum Gasteiger partial charge on any atom is -0.495 e. The van der Waals surface area contributed by atoms with Gasteiger partial charge in [0.2, 0.25) is 17.8 Å². The summed E-state index contributed by atoms with van der Waals surface area (Å²) in [6.07, 6.45) is 0. The van der Waals surface area contributed by atoms with Gasteiger partial charge in [-0.2, -0.15) is 15.0 Å². The zero-order valence-corrected chi connectivity index (χ0v) is 19.1. The first-order valence-electron chi connectivity index (χ1n) is 10.2. The van der Waals surface area contributed by atoms with Crippen LogP contribution in [0.3, 0.4) is 0 Å². The number of ether oxygens (including phenoxy) is 1. The lowest BCUT2D eigenvalue weighted by atomic mass is 10.1. The smallest absolute Gasteiger partial charge is 0.238 e. The number of hydrogen-bond donors (Lipinski definition) is 3. The maximum atomic E-state index is 12.6. The van der Waals surface area contributed by atoms with Gasteiger partial charge < -0.3 is 21.1 Å². The van der Waals surface area contributed by atoms with Gasteiger partial charge in [-0.25, -0.2) is 0 Å². The summed E-state index contributed by atoms with van der Waals surface area (Å²) >= 11 is 0. The fraction of sp³-hybridized carbons (Fsp3) is 0.304. The number of amides is 1. The molecular formula is C23H29N7O2. The second kappa shape index (κ2) is 10.1. The van der Waals surface area contributed by atoms with E-state index in [1.807, 2.05) is 57.0 Å². The van der Waals surface area contributed by atoms with Crippen molar-refractivity contribution in [1.29, 1.82) is 0 Å². The summed E-state index contributed by atoms with van der Waals surface area (Å²) < 4.78 is 5.34. The summed E-state index contributed by atoms with van der Waals surface area (Å²) in [4.78, 5) is 27.2. The molecule has 4 N–H and O–H groups in total. The third-order valence-electron chi connectivity index (χ3n) is 4.82. The van der Waals surface area contributed by atoms with Crippen molar-refractivity contribution >= 4 is 29.2 Å². The molecule has 1 amide bonds. The minimum atomic E-state index is -0.114. The highest BCUT2D eigenvalue weighted by Gasteiger charge is 2.14. The Balaban J connectivity index is 1.66. The number of nitrogens with zero attached hydrogens (tertiary/aromatic N) is 4. The number of nitrogens with one attached hydrogen (secondary N) is 2. The molecule has 0 atom stereocenters. The van der Waals surface area contributed by atoms with Gasteiger partial charge >= 0.3 is 0 Å². The molecule has 0 aliphatic heterocycles. The number of rotatable bonds is 8. The maximum Gasteiger partial charge on any atom is 0.238 e. The molecule has 3 rings (SSSR count). The van der Waals surface area contributed by atoms with E-state index in [9.17, 15) is 4.79 Å². The first kappa shape index (κ1) is 23.0. The Labute approximate surface area is 188 Å². The van der Waals surface area contributed by atoms with Crippen molar-refractivity contribution in [1.82, 2.24) is 19.9 Å². The van der Waals surface area contributed by atoms with Crippen LogP contribution in [0.2, 0.25) is 0 Å². The molecule has 2 aromatic carbocycles. The van der Waals surface area contributed by atoms with Crippen molar-refractivity contribution in [3.63, 3.8) is 0 Å². The molecule has 0 aliphatic carbocycles. The van der Waals surface area contributed by atoms with E-state index in [2.05, 4.69) is 37.7 Å². The molecule has 1 aromatic heterocycles. The molecular weight excluding hydrogens is 406 g/mol. The van der Waals surface area contributed by atoms with E-state index in [-0.39, 0.29) is 18.4 Å². The predicted molar refractivity (Wildman–Crippen MR) is 126 cm³/mol. The summed E-state index contributed by atoms with van der Waals surface area (Å²) in [6, 6.07) is 11.5. The van der Waals surface area contributed by atoms with Gasteiger partial charge in [0.15, 0.2) is 0 Å². The largest absolute Gasteiger partial charge is 0.495 e. The fourth-order valence-electron chi connectivity index (χ4n) is 3.53. The monoisotopic (exact) mass is 435 g/mol. The highest BCUT2D eigenvalue weighted by Crippen LogP contribution is 2.26. The summed E-state index contributed by atoms with van der Waals surface area (Å²) in [5.74, 6) is 1.39. The standard InChI is InChI=1S/C23H29N7O2/c1-14-10-15(2)21(16(3)11-14)28-20(31)13-30(4)12-19-26-22(24)29-23(27-19)25-17-8-6-7-9-18(17)32-5/h6-11H,12-13H2,1-5H3,(H,28,31)(H3,24,25,26,27,29). The van der Waals surface area contributed by atoms with Crippen LogP contribution in [0.4, 0.5) is 23.3 Å². The highest BCUT2D eigenvalue weighted by atomic mass is 16.5. The highest BCUT2D eigenvalue weighted by molar-refractivity contribution is 5.93. The van der Waals surface area contributed by atoms with Gasteiger partial charge in [-0.3, -0.25) is 9.69 Å². The van der Waals surface area contributed by atoms with E-state index in [0.29, 0.717) is 29.8 Å². The molecule has 0 bridgehead atoms. The molecule has 9 heteroatoms. The normalized spacial score (nSPS) is 10.8. The van der Waals surface area contributed by atoms with E-state index in [4.69, 9.17) is 10.5 Å². The quantitative estimate of drug-likeness (QED) is 0.494. The minimum absolute atomic E-state index is 0.0937. The molecule has 0 radical (unpaired) electrons. The second-order valence-corrected chi connectivity index (χ2v) is 7.75. The number of carbonyl (C=O) groups excluding carboxylic acids is 1. The molecule has 0 spiro atoms. The van der Waals surface area contributed by atoms with Crippen LogP contribution in [0.1, 0.15) is 22.5 Å². The molecule has 0 aliphatic rings. The number of hydrogen-bond acceptors (Lipinski definition) is 8. The molecule has 0 unspecified atom stereocenters. The third-order valence-corrected chi connectivity index (χ3v) is 4.82. The second-order valence-electron chi connectivity index (χ2n) is 7.75. The van der Waals surface area contributed by atoms with Crippen LogP contribution in [0.15, 0.2) is 36.4 Å². The summed E-state index contributed by atoms with van der Waals surface area (Å²) in [6.45, 7) is 6.52. The number of aromatic nitrogens is 3. The summed E-state index contributed by atoms with van der Waals surface area (Å²) in [7, 11) is 3.41. The van der Waals surface area contributed by atoms with E-state index in [0.717, 1.165) is 16.8 Å². The average molecular weight is 436 g/mol. The lowest BCUT2D eigenvalue weighted by molar-refractivity contribution is -0.117. The first-order chi connectivity index (χ1) is 15.2. The Morgan fingerprint density at radius 3 is 2.47 bits per heavy atom. The van der Waals surface area contributed by atoms with Gasteiger partial charge in [-0.1, -0.05) is 29.8 Å². The topological polar surface area (TPSA) is 118 Å². The molecule has 9 nitrogen and oxygen atoms in total. The zero-order chi connectivity index (χ0) is 23.3.